The molecule has 3 aromatic heterocycles. The molecule has 1 amide bonds. The van der Waals surface area contributed by atoms with Gasteiger partial charge in [0.1, 0.15) is 12.1 Å². The van der Waals surface area contributed by atoms with Gasteiger partial charge in [0.25, 0.3) is 11.8 Å². The van der Waals surface area contributed by atoms with Gasteiger partial charge in [-0.25, -0.2) is 23.4 Å². The Morgan fingerprint density at radius 3 is 2.69 bits per heavy atom. The van der Waals surface area contributed by atoms with E-state index in [1.54, 1.807) is 30.1 Å². The van der Waals surface area contributed by atoms with Crippen LogP contribution in [0.15, 0.2) is 43.0 Å². The molecule has 0 aliphatic carbocycles. The number of methoxy groups -OCH3 is 1. The number of fused-ring (bicyclic) bond motifs is 1. The number of amides is 1. The van der Waals surface area contributed by atoms with Crippen LogP contribution in [0.1, 0.15) is 23.2 Å². The Balaban J connectivity index is 1.44. The van der Waals surface area contributed by atoms with E-state index in [2.05, 4.69) is 25.3 Å². The highest BCUT2D eigenvalue weighted by Gasteiger charge is 2.35. The van der Waals surface area contributed by atoms with Gasteiger partial charge in [-0.3, -0.25) is 9.89 Å². The van der Waals surface area contributed by atoms with Crippen LogP contribution in [0.4, 0.5) is 8.78 Å². The van der Waals surface area contributed by atoms with Crippen LogP contribution in [-0.4, -0.2) is 66.9 Å². The Hall–Kier alpha value is -3.89. The Labute approximate surface area is 181 Å². The quantitative estimate of drug-likeness (QED) is 0.524. The van der Waals surface area contributed by atoms with Crippen molar-refractivity contribution in [3.8, 4) is 22.8 Å². The second-order valence-corrected chi connectivity index (χ2v) is 7.56. The van der Waals surface area contributed by atoms with Crippen molar-refractivity contribution in [1.29, 1.82) is 0 Å². The first-order valence-corrected chi connectivity index (χ1v) is 10.0. The van der Waals surface area contributed by atoms with Gasteiger partial charge in [-0.15, -0.1) is 0 Å². The summed E-state index contributed by atoms with van der Waals surface area (Å²) in [5, 5.41) is 11.7. The van der Waals surface area contributed by atoms with Gasteiger partial charge in [0.15, 0.2) is 11.5 Å². The van der Waals surface area contributed by atoms with E-state index in [9.17, 15) is 13.6 Å². The number of pyridine rings is 1. The number of benzene rings is 1. The van der Waals surface area contributed by atoms with Crippen molar-refractivity contribution >= 4 is 16.9 Å². The molecular formula is C21H19F2N7O2. The molecule has 1 aliphatic heterocycles. The first kappa shape index (κ1) is 20.0. The van der Waals surface area contributed by atoms with Gasteiger partial charge in [-0.05, 0) is 18.2 Å². The molecule has 0 spiro atoms. The van der Waals surface area contributed by atoms with Crippen molar-refractivity contribution < 1.29 is 18.3 Å². The van der Waals surface area contributed by atoms with Crippen molar-refractivity contribution in [1.82, 2.24) is 34.8 Å². The second-order valence-electron chi connectivity index (χ2n) is 7.56. The van der Waals surface area contributed by atoms with E-state index < -0.39 is 5.92 Å². The number of alkyl halides is 2. The molecule has 1 aromatic carbocycles. The van der Waals surface area contributed by atoms with Crippen molar-refractivity contribution in [3.05, 3.63) is 48.5 Å². The molecular weight excluding hydrogens is 420 g/mol. The number of carbonyl (C=O) groups excluding carboxylic acids is 1. The highest BCUT2D eigenvalue weighted by molar-refractivity contribution is 5.97. The van der Waals surface area contributed by atoms with Gasteiger partial charge in [0.05, 0.1) is 30.1 Å². The maximum atomic E-state index is 13.4. The number of aromatic amines is 1. The van der Waals surface area contributed by atoms with Crippen LogP contribution in [0.2, 0.25) is 0 Å². The summed E-state index contributed by atoms with van der Waals surface area (Å²) in [4.78, 5) is 22.8. The molecule has 0 saturated carbocycles. The van der Waals surface area contributed by atoms with E-state index in [0.29, 0.717) is 33.9 Å². The summed E-state index contributed by atoms with van der Waals surface area (Å²) in [5.41, 5.74) is 2.37. The molecule has 1 aliphatic rings. The summed E-state index contributed by atoms with van der Waals surface area (Å²) in [7, 11) is 1.56. The van der Waals surface area contributed by atoms with Gasteiger partial charge in [0.2, 0.25) is 0 Å². The zero-order valence-corrected chi connectivity index (χ0v) is 17.1. The number of nitrogens with zero attached hydrogens (tertiary/aromatic N) is 6. The van der Waals surface area contributed by atoms with E-state index in [-0.39, 0.29) is 31.8 Å². The van der Waals surface area contributed by atoms with Crippen LogP contribution in [0.25, 0.3) is 28.1 Å². The summed E-state index contributed by atoms with van der Waals surface area (Å²) in [6.45, 7) is 0.0565. The van der Waals surface area contributed by atoms with E-state index in [0.717, 1.165) is 5.56 Å². The molecule has 1 saturated heterocycles. The molecule has 0 unspecified atom stereocenters. The maximum absolute atomic E-state index is 13.4. The van der Waals surface area contributed by atoms with E-state index in [1.807, 2.05) is 12.1 Å². The summed E-state index contributed by atoms with van der Waals surface area (Å²) >= 11 is 0. The lowest BCUT2D eigenvalue weighted by molar-refractivity contribution is -0.0494. The number of H-pyrrole nitrogens is 1. The average molecular weight is 439 g/mol. The minimum Gasteiger partial charge on any atom is -0.496 e. The third kappa shape index (κ3) is 3.55. The Morgan fingerprint density at radius 1 is 1.16 bits per heavy atom. The van der Waals surface area contributed by atoms with Crippen LogP contribution in [-0.2, 0) is 0 Å². The Kier molecular flexibility index (Phi) is 4.80. The lowest BCUT2D eigenvalue weighted by atomic mass is 10.1. The van der Waals surface area contributed by atoms with Crippen LogP contribution in [0, 0.1) is 0 Å². The van der Waals surface area contributed by atoms with Crippen LogP contribution >= 0.6 is 0 Å². The molecule has 0 atom stereocenters. The summed E-state index contributed by atoms with van der Waals surface area (Å²) in [5.74, 6) is -1.85. The molecule has 1 N–H and O–H groups in total. The van der Waals surface area contributed by atoms with Gasteiger partial charge in [0, 0.05) is 43.6 Å². The number of halogens is 2. The predicted molar refractivity (Wildman–Crippen MR) is 111 cm³/mol. The van der Waals surface area contributed by atoms with Gasteiger partial charge < -0.3 is 9.64 Å². The van der Waals surface area contributed by atoms with Gasteiger partial charge in [-0.1, -0.05) is 0 Å². The highest BCUT2D eigenvalue weighted by atomic mass is 19.3. The van der Waals surface area contributed by atoms with Crippen molar-refractivity contribution in [2.75, 3.05) is 20.2 Å². The van der Waals surface area contributed by atoms with Crippen LogP contribution in [0.5, 0.6) is 5.75 Å². The monoisotopic (exact) mass is 439 g/mol. The summed E-state index contributed by atoms with van der Waals surface area (Å²) in [6, 6.07) is 7.17. The fourth-order valence-electron chi connectivity index (χ4n) is 3.79. The lowest BCUT2D eigenvalue weighted by Crippen LogP contribution is -2.42. The molecule has 11 heteroatoms. The molecule has 4 heterocycles. The van der Waals surface area contributed by atoms with Crippen molar-refractivity contribution in [3.63, 3.8) is 0 Å². The number of carbonyl (C=O) groups is 1. The molecule has 4 aromatic rings. The molecule has 1 fully saturated rings. The fraction of sp³-hybridized carbons (Fsp3) is 0.286. The van der Waals surface area contributed by atoms with Crippen molar-refractivity contribution in [2.24, 2.45) is 0 Å². The first-order valence-electron chi connectivity index (χ1n) is 10.0. The van der Waals surface area contributed by atoms with Gasteiger partial charge in [-0.2, -0.15) is 10.2 Å². The predicted octanol–water partition coefficient (Wildman–Crippen LogP) is 3.09. The highest BCUT2D eigenvalue weighted by Crippen LogP contribution is 2.31. The molecule has 0 bridgehead atoms. The zero-order valence-electron chi connectivity index (χ0n) is 17.1. The zero-order chi connectivity index (χ0) is 22.3. The van der Waals surface area contributed by atoms with Crippen LogP contribution in [0.3, 0.4) is 0 Å². The second kappa shape index (κ2) is 7.66. The fourth-order valence-corrected chi connectivity index (χ4v) is 3.79. The Bertz CT molecular complexity index is 1280. The SMILES string of the molecule is COc1cc(-n2ncc3cc(C(=O)N4CCC(F)(F)CC4)cnc32)ccc1-c1ncn[nH]1. The number of ether oxygens (including phenoxy) is 1. The molecule has 5 rings (SSSR count). The number of piperidine rings is 1. The topological polar surface area (TPSA) is 102 Å². The largest absolute Gasteiger partial charge is 0.496 e. The van der Waals surface area contributed by atoms with E-state index in [4.69, 9.17) is 4.74 Å². The molecule has 0 radical (unpaired) electrons. The minimum atomic E-state index is -2.70. The average Bonchev–Trinajstić information content (AvgIpc) is 3.48. The van der Waals surface area contributed by atoms with Crippen molar-refractivity contribution in [2.45, 2.75) is 18.8 Å². The first-order chi connectivity index (χ1) is 15.4. The molecule has 9 nitrogen and oxygen atoms in total. The third-order valence-electron chi connectivity index (χ3n) is 5.54. The lowest BCUT2D eigenvalue weighted by Gasteiger charge is -2.31. The third-order valence-corrected chi connectivity index (χ3v) is 5.54. The van der Waals surface area contributed by atoms with E-state index in [1.165, 1.54) is 17.4 Å². The number of rotatable bonds is 4. The van der Waals surface area contributed by atoms with Gasteiger partial charge >= 0.3 is 0 Å². The normalized spacial score (nSPS) is 15.8. The molecule has 164 valence electrons. The number of aromatic nitrogens is 6. The Morgan fingerprint density at radius 2 is 1.97 bits per heavy atom. The number of nitrogens with one attached hydrogen (secondary N) is 1. The van der Waals surface area contributed by atoms with E-state index >= 15 is 0 Å². The minimum absolute atomic E-state index is 0.0282. The maximum Gasteiger partial charge on any atom is 0.255 e. The standard InChI is InChI=1S/C21H19F2N7O2/c1-32-17-9-15(2-3-16(17)18-25-12-26-28-18)30-19-13(11-27-30)8-14(10-24-19)20(31)29-6-4-21(22,23)5-7-29/h2-3,8-12H,4-7H2,1H3,(H,25,26,28). The number of hydrogen-bond donors (Lipinski definition) is 1. The number of hydrogen-bond acceptors (Lipinski definition) is 6. The smallest absolute Gasteiger partial charge is 0.255 e. The summed E-state index contributed by atoms with van der Waals surface area (Å²) < 4.78 is 33.9. The summed E-state index contributed by atoms with van der Waals surface area (Å²) in [6.07, 6.45) is 3.84. The number of likely N-dealkylation sites (tertiary alicyclic amines) is 1. The van der Waals surface area contributed by atoms with Crippen LogP contribution < -0.4 is 4.74 Å². The molecule has 32 heavy (non-hydrogen) atoms.